The van der Waals surface area contributed by atoms with E-state index in [1.54, 1.807) is 0 Å². The first-order valence-corrected chi connectivity index (χ1v) is 3.23. The maximum Gasteiger partial charge on any atom is 0.406 e. The largest absolute Gasteiger partial charge is 0.449 e. The summed E-state index contributed by atoms with van der Waals surface area (Å²) >= 11 is 0. The molecule has 12 heavy (non-hydrogen) atoms. The van der Waals surface area contributed by atoms with Crippen LogP contribution in [-0.2, 0) is 4.74 Å². The highest BCUT2D eigenvalue weighted by Crippen LogP contribution is 1.87. The van der Waals surface area contributed by atoms with Gasteiger partial charge in [0.25, 0.3) is 0 Å². The topological polar surface area (TPSA) is 113 Å². The molecule has 0 aromatic rings. The van der Waals surface area contributed by atoms with E-state index in [0.29, 0.717) is 0 Å². The minimum atomic E-state index is -0.535. The van der Waals surface area contributed by atoms with E-state index in [-0.39, 0.29) is 21.7 Å². The van der Waals surface area contributed by atoms with E-state index in [2.05, 4.69) is 26.2 Å². The van der Waals surface area contributed by atoms with Gasteiger partial charge in [-0.25, -0.2) is 4.79 Å². The summed E-state index contributed by atoms with van der Waals surface area (Å²) in [5.74, 6) is 4.66. The smallest absolute Gasteiger partial charge is 0.406 e. The molecule has 0 spiro atoms. The number of alkyl carbamates (subject to hydrolysis) is 1. The van der Waals surface area contributed by atoms with E-state index >= 15 is 0 Å². The highest BCUT2D eigenvalue weighted by Gasteiger charge is 1.99. The van der Waals surface area contributed by atoms with Crippen LogP contribution in [-0.4, -0.2) is 25.6 Å². The maximum atomic E-state index is 10.5. The number of hydrogen-bond donors (Lipinski definition) is 3. The molecule has 0 aliphatic heterocycles. The molecule has 7 heteroatoms. The van der Waals surface area contributed by atoms with Crippen LogP contribution < -0.4 is 11.2 Å². The molecule has 0 heterocycles. The third kappa shape index (κ3) is 5.15. The monoisotopic (exact) mass is 177 g/mol. The van der Waals surface area contributed by atoms with Crippen LogP contribution in [0.4, 0.5) is 4.79 Å². The zero-order valence-corrected chi connectivity index (χ0v) is 6.70. The predicted molar refractivity (Wildman–Crippen MR) is 46.0 cm³/mol. The van der Waals surface area contributed by atoms with E-state index < -0.39 is 6.09 Å². The van der Waals surface area contributed by atoms with Crippen LogP contribution in [0.15, 0.2) is 10.3 Å². The molecule has 0 aromatic heterocycles. The summed E-state index contributed by atoms with van der Waals surface area (Å²) in [6.45, 7) is 0.0948. The van der Waals surface area contributed by atoms with Gasteiger partial charge in [0.1, 0.15) is 12.4 Å². The quantitative estimate of drug-likeness (QED) is 0.192. The molecule has 0 saturated heterocycles. The van der Waals surface area contributed by atoms with Gasteiger partial charge in [-0.3, -0.25) is 5.41 Å². The van der Waals surface area contributed by atoms with Crippen molar-refractivity contribution in [3.63, 3.8) is 0 Å². The van der Waals surface area contributed by atoms with Crippen molar-refractivity contribution in [2.24, 2.45) is 16.2 Å². The molecule has 0 radical (unpaired) electrons. The van der Waals surface area contributed by atoms with Gasteiger partial charge in [-0.1, -0.05) is 5.22 Å². The molecule has 4 N–H and O–H groups in total. The van der Waals surface area contributed by atoms with Crippen molar-refractivity contribution in [2.45, 2.75) is 6.42 Å². The van der Waals surface area contributed by atoms with Gasteiger partial charge in [0, 0.05) is 16.3 Å². The number of rotatable bonds is 3. The van der Waals surface area contributed by atoms with Crippen molar-refractivity contribution in [1.29, 1.82) is 5.41 Å². The summed E-state index contributed by atoms with van der Waals surface area (Å²) in [5, 5.41) is 15.4. The highest BCUT2D eigenvalue weighted by molar-refractivity contribution is 5.79. The number of amidine groups is 1. The van der Waals surface area contributed by atoms with Crippen LogP contribution in [0.1, 0.15) is 9.27 Å². The normalized spacial score (nSPS) is 9.75. The summed E-state index contributed by atoms with van der Waals surface area (Å²) in [6.07, 6.45) is -0.332. The number of amides is 1. The Labute approximate surface area is 72.4 Å². The molecule has 0 aliphatic rings. The average molecular weight is 177 g/mol. The van der Waals surface area contributed by atoms with E-state index in [1.165, 1.54) is 7.05 Å². The molecule has 0 unspecified atom stereocenters. The fraction of sp³-hybridized carbons (Fsp3) is 0.600. The zero-order valence-electron chi connectivity index (χ0n) is 6.70. The van der Waals surface area contributed by atoms with E-state index in [1.807, 2.05) is 0 Å². The molecule has 1 amide bonds. The molecule has 0 aromatic carbocycles. The van der Waals surface area contributed by atoms with Gasteiger partial charge >= 0.3 is 6.09 Å². The number of hydrogen-bond acceptors (Lipinski definition) is 4. The van der Waals surface area contributed by atoms with Crippen LogP contribution in [0, 0.1) is 5.41 Å². The van der Waals surface area contributed by atoms with E-state index in [9.17, 15) is 4.79 Å². The van der Waals surface area contributed by atoms with Crippen molar-refractivity contribution in [1.82, 2.24) is 5.32 Å². The first-order valence-electron chi connectivity index (χ1n) is 3.23. The SMILES string of the molecule is CNC(=O)OCCC(=N)N=NN.[HH].[HH]. The molecular weight excluding hydrogens is 162 g/mol. The first kappa shape index (κ1) is 10.3. The third-order valence-electron chi connectivity index (χ3n) is 0.955. The van der Waals surface area contributed by atoms with Crippen molar-refractivity contribution in [2.75, 3.05) is 13.7 Å². The Hall–Kier alpha value is -1.66. The minimum Gasteiger partial charge on any atom is -0.449 e. The summed E-state index contributed by atoms with van der Waals surface area (Å²) in [4.78, 5) is 10.5. The number of nitrogens with zero attached hydrogens (tertiary/aromatic N) is 2. The zero-order chi connectivity index (χ0) is 9.40. The molecule has 0 atom stereocenters. The summed E-state index contributed by atoms with van der Waals surface area (Å²) in [5.41, 5.74) is 0. The second kappa shape index (κ2) is 6.08. The van der Waals surface area contributed by atoms with Crippen molar-refractivity contribution in [3.05, 3.63) is 0 Å². The standard InChI is InChI=1S/C5H11N5O2.2H2/c1-8-5(11)12-3-2-4(6)9-10-7;;/h2-3H2,1H3,(H,8,11)(H3,6,7,9);2*1H. The number of ether oxygens (including phenoxy) is 1. The van der Waals surface area contributed by atoms with Gasteiger partial charge in [-0.15, -0.1) is 5.11 Å². The molecule has 0 bridgehead atoms. The number of carbonyl (C=O) groups excluding carboxylic acids is 1. The lowest BCUT2D eigenvalue weighted by molar-refractivity contribution is 0.151. The van der Waals surface area contributed by atoms with Crippen molar-refractivity contribution in [3.8, 4) is 0 Å². The van der Waals surface area contributed by atoms with Crippen LogP contribution in [0.3, 0.4) is 0 Å². The maximum absolute atomic E-state index is 10.5. The Morgan fingerprint density at radius 3 is 3.00 bits per heavy atom. The van der Waals surface area contributed by atoms with Gasteiger partial charge < -0.3 is 15.9 Å². The average Bonchev–Trinajstić information content (AvgIpc) is 2.04. The molecule has 0 saturated carbocycles. The van der Waals surface area contributed by atoms with E-state index in [4.69, 9.17) is 5.41 Å². The molecule has 72 valence electrons. The summed E-state index contributed by atoms with van der Waals surface area (Å²) in [7, 11) is 1.45. The summed E-state index contributed by atoms with van der Waals surface area (Å²) in [6, 6.07) is 0. The van der Waals surface area contributed by atoms with Crippen LogP contribution in [0.2, 0.25) is 0 Å². The van der Waals surface area contributed by atoms with Gasteiger partial charge in [0.05, 0.1) is 0 Å². The summed E-state index contributed by atoms with van der Waals surface area (Å²) < 4.78 is 4.57. The molecular formula is C5H15N5O2. The Morgan fingerprint density at radius 2 is 2.50 bits per heavy atom. The second-order valence-electron chi connectivity index (χ2n) is 1.80. The molecule has 0 aliphatic carbocycles. The Bertz CT molecular complexity index is 199. The van der Waals surface area contributed by atoms with Crippen LogP contribution >= 0.6 is 0 Å². The number of carbonyl (C=O) groups is 1. The highest BCUT2D eigenvalue weighted by atomic mass is 16.5. The minimum absolute atomic E-state index is 0. The van der Waals surface area contributed by atoms with Crippen molar-refractivity contribution >= 4 is 11.9 Å². The van der Waals surface area contributed by atoms with Gasteiger partial charge in [-0.2, -0.15) is 0 Å². The predicted octanol–water partition coefficient (Wildman–Crippen LogP) is 0.528. The van der Waals surface area contributed by atoms with Gasteiger partial charge in [-0.05, 0) is 0 Å². The number of nitrogens with one attached hydrogen (secondary N) is 2. The number of nitrogens with two attached hydrogens (primary N) is 1. The van der Waals surface area contributed by atoms with Crippen LogP contribution in [0.5, 0.6) is 0 Å². The van der Waals surface area contributed by atoms with Crippen molar-refractivity contribution < 1.29 is 12.4 Å². The Morgan fingerprint density at radius 1 is 1.83 bits per heavy atom. The Balaban J connectivity index is -0.000000605. The van der Waals surface area contributed by atoms with Crippen LogP contribution in [0.25, 0.3) is 0 Å². The van der Waals surface area contributed by atoms with Gasteiger partial charge in [0.2, 0.25) is 0 Å². The lowest BCUT2D eigenvalue weighted by Crippen LogP contribution is -2.20. The third-order valence-corrected chi connectivity index (χ3v) is 0.955. The second-order valence-corrected chi connectivity index (χ2v) is 1.80. The first-order chi connectivity index (χ1) is 5.70. The molecule has 0 rings (SSSR count). The molecule has 0 fully saturated rings. The lowest BCUT2D eigenvalue weighted by Gasteiger charge is -2.00. The Kier molecular flexibility index (Phi) is 5.24. The fourth-order valence-electron chi connectivity index (χ4n) is 0.432. The van der Waals surface area contributed by atoms with E-state index in [0.717, 1.165) is 0 Å². The lowest BCUT2D eigenvalue weighted by atomic mass is 10.4. The van der Waals surface area contributed by atoms with Gasteiger partial charge in [0.15, 0.2) is 0 Å². The molecule has 7 nitrogen and oxygen atoms in total. The fourth-order valence-corrected chi connectivity index (χ4v) is 0.432.